The summed E-state index contributed by atoms with van der Waals surface area (Å²) in [7, 11) is -0.559. The summed E-state index contributed by atoms with van der Waals surface area (Å²) >= 11 is 3.32. The van der Waals surface area contributed by atoms with Gasteiger partial charge in [-0.3, -0.25) is 0 Å². The van der Waals surface area contributed by atoms with Gasteiger partial charge in [0.2, 0.25) is 0 Å². The number of rotatable bonds is 4. The Morgan fingerprint density at radius 1 is 1.27 bits per heavy atom. The van der Waals surface area contributed by atoms with Crippen LogP contribution < -0.4 is 10.5 Å². The highest BCUT2D eigenvalue weighted by Crippen LogP contribution is 2.42. The molecule has 122 valence electrons. The Morgan fingerprint density at radius 2 is 1.82 bits per heavy atom. The molecule has 1 saturated heterocycles. The Balaban J connectivity index is 2.29. The molecule has 3 N–H and O–H groups in total. The molecule has 7 heteroatoms. The first kappa shape index (κ1) is 17.6. The van der Waals surface area contributed by atoms with E-state index in [1.54, 1.807) is 12.1 Å². The lowest BCUT2D eigenvalue weighted by Crippen LogP contribution is -2.41. The second kappa shape index (κ2) is 6.04. The van der Waals surface area contributed by atoms with Gasteiger partial charge in [-0.1, -0.05) is 0 Å². The lowest BCUT2D eigenvalue weighted by Gasteiger charge is -2.32. The molecular weight excluding hydrogens is 349 g/mol. The van der Waals surface area contributed by atoms with Crippen LogP contribution >= 0.6 is 15.9 Å². The van der Waals surface area contributed by atoms with Crippen molar-refractivity contribution in [2.24, 2.45) is 5.73 Å². The zero-order chi connectivity index (χ0) is 16.7. The SMILES string of the molecule is CCOc1cc([C@H](N)B2OC(C)(C)C(C)(C)O2)cc(Br)c1O. The van der Waals surface area contributed by atoms with Crippen molar-refractivity contribution in [3.63, 3.8) is 0 Å². The third-order valence-corrected chi connectivity index (χ3v) is 4.90. The number of phenols is 1. The molecule has 5 nitrogen and oxygen atoms in total. The normalized spacial score (nSPS) is 21.0. The van der Waals surface area contributed by atoms with Gasteiger partial charge >= 0.3 is 7.12 Å². The van der Waals surface area contributed by atoms with E-state index < -0.39 is 24.3 Å². The van der Waals surface area contributed by atoms with Crippen LogP contribution in [0.4, 0.5) is 0 Å². The molecule has 0 aromatic heterocycles. The number of ether oxygens (including phenoxy) is 1. The Morgan fingerprint density at radius 3 is 2.32 bits per heavy atom. The summed E-state index contributed by atoms with van der Waals surface area (Å²) in [4.78, 5) is 0. The maximum Gasteiger partial charge on any atom is 0.480 e. The first-order valence-electron chi connectivity index (χ1n) is 7.35. The lowest BCUT2D eigenvalue weighted by atomic mass is 9.75. The average molecular weight is 372 g/mol. The van der Waals surface area contributed by atoms with Crippen LogP contribution in [0.3, 0.4) is 0 Å². The fourth-order valence-electron chi connectivity index (χ4n) is 2.24. The Labute approximate surface area is 140 Å². The van der Waals surface area contributed by atoms with Gasteiger partial charge in [-0.25, -0.2) is 0 Å². The number of nitrogens with two attached hydrogens (primary N) is 1. The van der Waals surface area contributed by atoms with E-state index in [9.17, 15) is 5.11 Å². The zero-order valence-corrected chi connectivity index (χ0v) is 15.2. The maximum atomic E-state index is 9.99. The summed E-state index contributed by atoms with van der Waals surface area (Å²) in [5.74, 6) is -0.0392. The molecule has 0 unspecified atom stereocenters. The van der Waals surface area contributed by atoms with Crippen LogP contribution in [0.2, 0.25) is 0 Å². The number of hydrogen-bond donors (Lipinski definition) is 2. The van der Waals surface area contributed by atoms with E-state index in [0.29, 0.717) is 16.8 Å². The maximum absolute atomic E-state index is 9.99. The summed E-state index contributed by atoms with van der Waals surface area (Å²) in [6.07, 6.45) is 0. The van der Waals surface area contributed by atoms with Crippen molar-refractivity contribution < 1.29 is 19.2 Å². The van der Waals surface area contributed by atoms with Crippen molar-refractivity contribution in [3.05, 3.63) is 22.2 Å². The van der Waals surface area contributed by atoms with Crippen molar-refractivity contribution in [2.45, 2.75) is 51.8 Å². The van der Waals surface area contributed by atoms with Crippen LogP contribution in [0, 0.1) is 0 Å². The Hall–Kier alpha value is -0.755. The van der Waals surface area contributed by atoms with Gasteiger partial charge in [0.15, 0.2) is 11.5 Å². The number of halogens is 1. The molecule has 0 bridgehead atoms. The molecule has 1 fully saturated rings. The van der Waals surface area contributed by atoms with Gasteiger partial charge in [0, 0.05) is 0 Å². The molecule has 1 aliphatic rings. The summed E-state index contributed by atoms with van der Waals surface area (Å²) in [5, 5.41) is 9.99. The van der Waals surface area contributed by atoms with Gasteiger partial charge < -0.3 is 24.9 Å². The second-order valence-electron chi connectivity index (χ2n) is 6.43. The van der Waals surface area contributed by atoms with E-state index in [1.807, 2.05) is 34.6 Å². The van der Waals surface area contributed by atoms with E-state index in [1.165, 1.54) is 0 Å². The topological polar surface area (TPSA) is 73.9 Å². The van der Waals surface area contributed by atoms with E-state index >= 15 is 0 Å². The first-order chi connectivity index (χ1) is 10.1. The predicted molar refractivity (Wildman–Crippen MR) is 90.0 cm³/mol. The van der Waals surface area contributed by atoms with Crippen molar-refractivity contribution >= 4 is 23.0 Å². The largest absolute Gasteiger partial charge is 0.503 e. The van der Waals surface area contributed by atoms with Crippen LogP contribution in [0.5, 0.6) is 11.5 Å². The molecule has 0 radical (unpaired) electrons. The molecule has 1 atom stereocenters. The summed E-state index contributed by atoms with van der Waals surface area (Å²) in [5.41, 5.74) is 6.21. The van der Waals surface area contributed by atoms with E-state index in [0.717, 1.165) is 5.56 Å². The Kier molecular flexibility index (Phi) is 4.83. The van der Waals surface area contributed by atoms with Crippen LogP contribution in [-0.4, -0.2) is 30.0 Å². The minimum atomic E-state index is -0.559. The van der Waals surface area contributed by atoms with Crippen molar-refractivity contribution in [1.29, 1.82) is 0 Å². The van der Waals surface area contributed by atoms with Gasteiger partial charge in [-0.2, -0.15) is 0 Å². The molecule has 0 amide bonds. The first-order valence-corrected chi connectivity index (χ1v) is 8.15. The molecule has 22 heavy (non-hydrogen) atoms. The molecule has 1 aromatic rings. The molecule has 1 heterocycles. The lowest BCUT2D eigenvalue weighted by molar-refractivity contribution is 0.00578. The highest BCUT2D eigenvalue weighted by Gasteiger charge is 2.53. The van der Waals surface area contributed by atoms with Crippen molar-refractivity contribution in [3.8, 4) is 11.5 Å². The quantitative estimate of drug-likeness (QED) is 0.795. The fourth-order valence-corrected chi connectivity index (χ4v) is 2.70. The molecule has 1 aromatic carbocycles. The van der Waals surface area contributed by atoms with E-state index in [4.69, 9.17) is 19.8 Å². The monoisotopic (exact) mass is 371 g/mol. The Bertz CT molecular complexity index is 549. The molecule has 0 spiro atoms. The van der Waals surface area contributed by atoms with Gasteiger partial charge in [-0.15, -0.1) is 0 Å². The van der Waals surface area contributed by atoms with E-state index in [-0.39, 0.29) is 5.75 Å². The van der Waals surface area contributed by atoms with Crippen LogP contribution in [0.1, 0.15) is 46.1 Å². The highest BCUT2D eigenvalue weighted by molar-refractivity contribution is 9.10. The number of phenolic OH excluding ortho intramolecular Hbond substituents is 1. The van der Waals surface area contributed by atoms with Crippen LogP contribution in [0.25, 0.3) is 0 Å². The number of hydrogen-bond acceptors (Lipinski definition) is 5. The minimum absolute atomic E-state index is 0.0618. The second-order valence-corrected chi connectivity index (χ2v) is 7.29. The van der Waals surface area contributed by atoms with Crippen LogP contribution in [-0.2, 0) is 9.31 Å². The van der Waals surface area contributed by atoms with Crippen LogP contribution in [0.15, 0.2) is 16.6 Å². The van der Waals surface area contributed by atoms with Crippen molar-refractivity contribution in [1.82, 2.24) is 0 Å². The highest BCUT2D eigenvalue weighted by atomic mass is 79.9. The van der Waals surface area contributed by atoms with Gasteiger partial charge in [0.05, 0.1) is 28.2 Å². The number of benzene rings is 1. The minimum Gasteiger partial charge on any atom is -0.503 e. The third-order valence-electron chi connectivity index (χ3n) is 4.30. The van der Waals surface area contributed by atoms with E-state index in [2.05, 4.69) is 15.9 Å². The smallest absolute Gasteiger partial charge is 0.480 e. The molecule has 2 rings (SSSR count). The predicted octanol–water partition coefficient (Wildman–Crippen LogP) is 3.18. The molecule has 1 aliphatic heterocycles. The summed E-state index contributed by atoms with van der Waals surface area (Å²) < 4.78 is 17.9. The number of aromatic hydroxyl groups is 1. The average Bonchev–Trinajstić information content (AvgIpc) is 2.63. The fraction of sp³-hybridized carbons (Fsp3) is 0.600. The standard InChI is InChI=1S/C15H23BBrNO4/c1-6-20-11-8-9(7-10(17)12(11)19)13(18)16-21-14(2,3)15(4,5)22-16/h7-8,13,19H,6,18H2,1-5H3/t13-/m0/s1. The van der Waals surface area contributed by atoms with Gasteiger partial charge in [-0.05, 0) is 68.2 Å². The summed E-state index contributed by atoms with van der Waals surface area (Å²) in [6, 6.07) is 3.48. The summed E-state index contributed by atoms with van der Waals surface area (Å²) in [6.45, 7) is 10.2. The van der Waals surface area contributed by atoms with Gasteiger partial charge in [0.1, 0.15) is 0 Å². The molecule has 0 saturated carbocycles. The third kappa shape index (κ3) is 3.13. The van der Waals surface area contributed by atoms with Crippen molar-refractivity contribution in [2.75, 3.05) is 6.61 Å². The zero-order valence-electron chi connectivity index (χ0n) is 13.6. The molecule has 0 aliphatic carbocycles. The molecular formula is C15H23BBrNO4. The van der Waals surface area contributed by atoms with Gasteiger partial charge in [0.25, 0.3) is 0 Å².